The molecular formula is C17H14ClN3O2. The van der Waals surface area contributed by atoms with E-state index in [1.165, 1.54) is 6.92 Å². The van der Waals surface area contributed by atoms with Gasteiger partial charge in [0.15, 0.2) is 0 Å². The number of hydrogen-bond donors (Lipinski definition) is 2. The van der Waals surface area contributed by atoms with Gasteiger partial charge in [-0.25, -0.2) is 0 Å². The Bertz CT molecular complexity index is 931. The minimum Gasteiger partial charge on any atom is -0.350 e. The number of hydrogen-bond acceptors (Lipinski definition) is 3. The largest absolute Gasteiger partial charge is 0.350 e. The first-order chi connectivity index (χ1) is 11.0. The third-order valence-electron chi connectivity index (χ3n) is 3.44. The fraction of sp³-hybridized carbons (Fsp3) is 0.118. The molecule has 1 aromatic carbocycles. The topological polar surface area (TPSA) is 74.8 Å². The van der Waals surface area contributed by atoms with E-state index in [1.807, 2.05) is 13.0 Å². The number of benzene rings is 1. The van der Waals surface area contributed by atoms with Crippen LogP contribution in [0.15, 0.2) is 36.5 Å². The molecule has 0 saturated heterocycles. The lowest BCUT2D eigenvalue weighted by atomic mass is 10.1. The van der Waals surface area contributed by atoms with Gasteiger partial charge in [0.25, 0.3) is 0 Å². The van der Waals surface area contributed by atoms with Crippen LogP contribution in [0, 0.1) is 6.92 Å². The van der Waals surface area contributed by atoms with Crippen LogP contribution >= 0.6 is 11.6 Å². The summed E-state index contributed by atoms with van der Waals surface area (Å²) in [5, 5.41) is 3.98. The molecule has 0 unspecified atom stereocenters. The number of aromatic nitrogens is 2. The van der Waals surface area contributed by atoms with Crippen molar-refractivity contribution in [2.75, 3.05) is 5.32 Å². The molecule has 0 aliphatic rings. The van der Waals surface area contributed by atoms with Gasteiger partial charge in [-0.15, -0.1) is 0 Å². The number of carbonyl (C=O) groups is 2. The van der Waals surface area contributed by atoms with Crippen LogP contribution < -0.4 is 5.32 Å². The van der Waals surface area contributed by atoms with Crippen LogP contribution in [-0.2, 0) is 4.79 Å². The Balaban J connectivity index is 2.19. The summed E-state index contributed by atoms with van der Waals surface area (Å²) in [6, 6.07) is 8.71. The Kier molecular flexibility index (Phi) is 3.88. The number of ketones is 1. The van der Waals surface area contributed by atoms with Crippen molar-refractivity contribution in [2.24, 2.45) is 0 Å². The number of fused-ring (bicyclic) bond motifs is 1. The quantitative estimate of drug-likeness (QED) is 0.720. The van der Waals surface area contributed by atoms with Crippen LogP contribution in [0.3, 0.4) is 0 Å². The summed E-state index contributed by atoms with van der Waals surface area (Å²) in [6.07, 6.45) is 1.58. The predicted octanol–water partition coefficient (Wildman–Crippen LogP) is 3.71. The number of pyridine rings is 1. The van der Waals surface area contributed by atoms with E-state index >= 15 is 0 Å². The minimum atomic E-state index is -0.287. The lowest BCUT2D eigenvalue weighted by molar-refractivity contribution is -0.114. The van der Waals surface area contributed by atoms with E-state index in [9.17, 15) is 9.59 Å². The van der Waals surface area contributed by atoms with E-state index in [0.717, 1.165) is 10.9 Å². The molecule has 0 radical (unpaired) electrons. The normalized spacial score (nSPS) is 10.7. The van der Waals surface area contributed by atoms with Crippen molar-refractivity contribution in [2.45, 2.75) is 13.8 Å². The van der Waals surface area contributed by atoms with Crippen molar-refractivity contribution in [3.8, 4) is 0 Å². The van der Waals surface area contributed by atoms with Crippen LogP contribution in [-0.4, -0.2) is 21.7 Å². The summed E-state index contributed by atoms with van der Waals surface area (Å²) in [7, 11) is 0. The molecule has 3 aromatic rings. The second-order valence-corrected chi connectivity index (χ2v) is 5.73. The highest BCUT2D eigenvalue weighted by molar-refractivity contribution is 6.31. The summed E-state index contributed by atoms with van der Waals surface area (Å²) in [5.41, 5.74) is 2.66. The molecule has 116 valence electrons. The van der Waals surface area contributed by atoms with E-state index < -0.39 is 0 Å². The second kappa shape index (κ2) is 5.85. The fourth-order valence-corrected chi connectivity index (χ4v) is 2.61. The summed E-state index contributed by atoms with van der Waals surface area (Å²) in [6.45, 7) is 3.28. The first-order valence-corrected chi connectivity index (χ1v) is 7.39. The number of halogens is 1. The molecule has 0 aliphatic carbocycles. The zero-order chi connectivity index (χ0) is 16.6. The summed E-state index contributed by atoms with van der Waals surface area (Å²) in [4.78, 5) is 31.4. The van der Waals surface area contributed by atoms with Gasteiger partial charge < -0.3 is 10.3 Å². The number of aryl methyl sites for hydroxylation is 1. The van der Waals surface area contributed by atoms with Gasteiger partial charge in [-0.3, -0.25) is 14.6 Å². The van der Waals surface area contributed by atoms with Crippen molar-refractivity contribution < 1.29 is 9.59 Å². The highest BCUT2D eigenvalue weighted by Gasteiger charge is 2.21. The molecule has 2 aromatic heterocycles. The average Bonchev–Trinajstić information content (AvgIpc) is 2.83. The Labute approximate surface area is 137 Å². The van der Waals surface area contributed by atoms with Gasteiger partial charge in [0.2, 0.25) is 11.7 Å². The fourth-order valence-electron chi connectivity index (χ4n) is 2.43. The van der Waals surface area contributed by atoms with Crippen LogP contribution in [0.1, 0.15) is 28.7 Å². The van der Waals surface area contributed by atoms with E-state index in [2.05, 4.69) is 15.3 Å². The molecule has 23 heavy (non-hydrogen) atoms. The van der Waals surface area contributed by atoms with E-state index in [1.54, 1.807) is 30.5 Å². The van der Waals surface area contributed by atoms with E-state index in [0.29, 0.717) is 21.9 Å². The number of rotatable bonds is 3. The van der Waals surface area contributed by atoms with Crippen LogP contribution in [0.2, 0.25) is 5.02 Å². The Morgan fingerprint density at radius 3 is 2.70 bits per heavy atom. The molecular weight excluding hydrogens is 314 g/mol. The third-order valence-corrected chi connectivity index (χ3v) is 3.67. The molecule has 2 N–H and O–H groups in total. The number of anilines is 1. The molecule has 0 atom stereocenters. The molecule has 0 saturated carbocycles. The van der Waals surface area contributed by atoms with E-state index in [-0.39, 0.29) is 17.4 Å². The molecule has 2 heterocycles. The van der Waals surface area contributed by atoms with Crippen molar-refractivity contribution in [1.82, 2.24) is 9.97 Å². The highest BCUT2D eigenvalue weighted by Crippen LogP contribution is 2.31. The van der Waals surface area contributed by atoms with Crippen LogP contribution in [0.25, 0.3) is 10.9 Å². The lowest BCUT2D eigenvalue weighted by Crippen LogP contribution is -2.12. The maximum absolute atomic E-state index is 12.8. The maximum Gasteiger partial charge on any atom is 0.229 e. The number of amides is 1. The Hall–Kier alpha value is -2.66. The van der Waals surface area contributed by atoms with E-state index in [4.69, 9.17) is 11.6 Å². The Morgan fingerprint density at radius 2 is 2.00 bits per heavy atom. The van der Waals surface area contributed by atoms with Gasteiger partial charge in [0.1, 0.15) is 11.4 Å². The van der Waals surface area contributed by atoms with Gasteiger partial charge in [0, 0.05) is 29.0 Å². The Morgan fingerprint density at radius 1 is 1.22 bits per heavy atom. The molecule has 0 spiro atoms. The molecule has 1 amide bonds. The van der Waals surface area contributed by atoms with Gasteiger partial charge in [-0.1, -0.05) is 11.6 Å². The second-order valence-electron chi connectivity index (χ2n) is 5.29. The van der Waals surface area contributed by atoms with Crippen molar-refractivity contribution in [3.63, 3.8) is 0 Å². The summed E-state index contributed by atoms with van der Waals surface area (Å²) in [5.74, 6) is -0.545. The molecule has 5 nitrogen and oxygen atoms in total. The number of carbonyl (C=O) groups excluding carboxylic acids is 2. The summed E-state index contributed by atoms with van der Waals surface area (Å²) < 4.78 is 0. The molecule has 0 bridgehead atoms. The van der Waals surface area contributed by atoms with Crippen molar-refractivity contribution in [3.05, 3.63) is 58.5 Å². The number of aromatic amines is 1. The first-order valence-electron chi connectivity index (χ1n) is 7.02. The number of nitrogens with one attached hydrogen (secondary N) is 2. The monoisotopic (exact) mass is 327 g/mol. The average molecular weight is 328 g/mol. The van der Waals surface area contributed by atoms with Crippen molar-refractivity contribution >= 4 is 39.9 Å². The van der Waals surface area contributed by atoms with Gasteiger partial charge in [-0.05, 0) is 42.8 Å². The lowest BCUT2D eigenvalue weighted by Gasteiger charge is -2.05. The van der Waals surface area contributed by atoms with Crippen LogP contribution in [0.4, 0.5) is 5.69 Å². The minimum absolute atomic E-state index is 0.257. The SMILES string of the molecule is CC(=O)Nc1c(C(=O)c2cc(C)ccn2)[nH]c2cc(Cl)ccc12. The van der Waals surface area contributed by atoms with Gasteiger partial charge in [-0.2, -0.15) is 0 Å². The van der Waals surface area contributed by atoms with Gasteiger partial charge >= 0.3 is 0 Å². The predicted molar refractivity (Wildman–Crippen MR) is 90.0 cm³/mol. The zero-order valence-corrected chi connectivity index (χ0v) is 13.4. The molecule has 0 aliphatic heterocycles. The molecule has 0 fully saturated rings. The first kappa shape index (κ1) is 15.2. The van der Waals surface area contributed by atoms with Crippen LogP contribution in [0.5, 0.6) is 0 Å². The van der Waals surface area contributed by atoms with Gasteiger partial charge in [0.05, 0.1) is 5.69 Å². The molecule has 3 rings (SSSR count). The standard InChI is InChI=1S/C17H14ClN3O2/c1-9-5-6-19-14(7-9)17(23)16-15(20-10(2)22)12-4-3-11(18)8-13(12)21-16/h3-8,21H,1-2H3,(H,20,22). The highest BCUT2D eigenvalue weighted by atomic mass is 35.5. The number of H-pyrrole nitrogens is 1. The maximum atomic E-state index is 12.8. The summed E-state index contributed by atoms with van der Waals surface area (Å²) >= 11 is 6.00. The third kappa shape index (κ3) is 2.96. The smallest absolute Gasteiger partial charge is 0.229 e. The van der Waals surface area contributed by atoms with Crippen molar-refractivity contribution in [1.29, 1.82) is 0 Å². The molecule has 6 heteroatoms. The number of nitrogens with zero attached hydrogens (tertiary/aromatic N) is 1. The zero-order valence-electron chi connectivity index (χ0n) is 12.6.